The highest BCUT2D eigenvalue weighted by Crippen LogP contribution is 2.32. The summed E-state index contributed by atoms with van der Waals surface area (Å²) < 4.78 is 0.714. The minimum Gasteiger partial charge on any atom is -0.382 e. The zero-order valence-corrected chi connectivity index (χ0v) is 19.4. The molecule has 3 aromatic heterocycles. The van der Waals surface area contributed by atoms with Gasteiger partial charge in [-0.2, -0.15) is 0 Å². The lowest BCUT2D eigenvalue weighted by Gasteiger charge is -2.14. The average Bonchev–Trinajstić information content (AvgIpc) is 3.26. The molecule has 5 aromatic rings. The molecule has 0 unspecified atom stereocenters. The lowest BCUT2D eigenvalue weighted by atomic mass is 10.00. The molecular formula is C25H20ClN5OS. The highest BCUT2D eigenvalue weighted by atomic mass is 35.5. The van der Waals surface area contributed by atoms with Gasteiger partial charge in [0, 0.05) is 33.1 Å². The fourth-order valence-electron chi connectivity index (χ4n) is 3.91. The molecule has 0 aliphatic heterocycles. The number of nitrogens with zero attached hydrogens (tertiary/aromatic N) is 3. The van der Waals surface area contributed by atoms with E-state index in [-0.39, 0.29) is 5.91 Å². The maximum Gasteiger partial charge on any atom is 0.258 e. The Balaban J connectivity index is 1.47. The standard InChI is InChI=1S/C25H20ClN5OS/c1-14-2-8-17-18(10-11-28-20(17)9-5-15-3-6-16(26)7-4-15)21(14)31-25(32)19-12-33-23-22(19)29-13-30-24(23)27/h2-4,6-8,10-13H,5,9H2,1H3,(H,31,32)(H2,27,29,30). The first-order chi connectivity index (χ1) is 16.0. The summed E-state index contributed by atoms with van der Waals surface area (Å²) in [6, 6.07) is 13.9. The number of fused-ring (bicyclic) bond motifs is 2. The number of pyridine rings is 1. The summed E-state index contributed by atoms with van der Waals surface area (Å²) in [5.41, 5.74) is 10.9. The second kappa shape index (κ2) is 8.77. The van der Waals surface area contributed by atoms with Gasteiger partial charge in [-0.1, -0.05) is 35.9 Å². The molecule has 0 saturated heterocycles. The predicted octanol–water partition coefficient (Wildman–Crippen LogP) is 5.82. The Kier molecular flexibility index (Phi) is 5.66. The lowest BCUT2D eigenvalue weighted by Crippen LogP contribution is -2.13. The van der Waals surface area contributed by atoms with Gasteiger partial charge in [0.05, 0.1) is 21.5 Å². The summed E-state index contributed by atoms with van der Waals surface area (Å²) in [5, 5.41) is 7.57. The number of rotatable bonds is 5. The number of aryl methyl sites for hydroxylation is 3. The van der Waals surface area contributed by atoms with Crippen molar-refractivity contribution in [3.8, 4) is 0 Å². The van der Waals surface area contributed by atoms with Crippen LogP contribution in [0.25, 0.3) is 21.0 Å². The number of aromatic nitrogens is 3. The van der Waals surface area contributed by atoms with E-state index in [1.54, 1.807) is 11.6 Å². The third-order valence-corrected chi connectivity index (χ3v) is 6.91. The highest BCUT2D eigenvalue weighted by molar-refractivity contribution is 7.18. The summed E-state index contributed by atoms with van der Waals surface area (Å²) in [4.78, 5) is 26.1. The first kappa shape index (κ1) is 21.3. The van der Waals surface area contributed by atoms with E-state index in [1.807, 2.05) is 43.3 Å². The van der Waals surface area contributed by atoms with Crippen molar-refractivity contribution in [3.63, 3.8) is 0 Å². The monoisotopic (exact) mass is 473 g/mol. The van der Waals surface area contributed by atoms with Crippen molar-refractivity contribution in [2.24, 2.45) is 0 Å². The Morgan fingerprint density at radius 3 is 2.67 bits per heavy atom. The van der Waals surface area contributed by atoms with Crippen molar-refractivity contribution in [3.05, 3.63) is 87.8 Å². The normalized spacial score (nSPS) is 11.2. The van der Waals surface area contributed by atoms with Crippen LogP contribution in [0.3, 0.4) is 0 Å². The number of carbonyl (C=O) groups is 1. The van der Waals surface area contributed by atoms with Crippen LogP contribution in [0, 0.1) is 6.92 Å². The van der Waals surface area contributed by atoms with Gasteiger partial charge in [0.15, 0.2) is 0 Å². The van der Waals surface area contributed by atoms with Crippen LogP contribution in [0.15, 0.2) is 60.4 Å². The molecule has 3 N–H and O–H groups in total. The maximum atomic E-state index is 13.2. The van der Waals surface area contributed by atoms with Crippen molar-refractivity contribution in [2.45, 2.75) is 19.8 Å². The lowest BCUT2D eigenvalue weighted by molar-refractivity contribution is 0.102. The summed E-state index contributed by atoms with van der Waals surface area (Å²) >= 11 is 7.36. The molecule has 0 saturated carbocycles. The van der Waals surface area contributed by atoms with E-state index >= 15 is 0 Å². The molecule has 1 amide bonds. The van der Waals surface area contributed by atoms with E-state index in [0.717, 1.165) is 45.6 Å². The van der Waals surface area contributed by atoms with E-state index in [9.17, 15) is 4.79 Å². The van der Waals surface area contributed by atoms with Crippen LogP contribution >= 0.6 is 22.9 Å². The van der Waals surface area contributed by atoms with E-state index in [4.69, 9.17) is 17.3 Å². The van der Waals surface area contributed by atoms with Gasteiger partial charge in [0.1, 0.15) is 12.1 Å². The number of hydrogen-bond acceptors (Lipinski definition) is 6. The zero-order chi connectivity index (χ0) is 22.9. The Morgan fingerprint density at radius 1 is 1.03 bits per heavy atom. The Morgan fingerprint density at radius 2 is 1.85 bits per heavy atom. The van der Waals surface area contributed by atoms with Gasteiger partial charge in [-0.3, -0.25) is 9.78 Å². The van der Waals surface area contributed by atoms with Gasteiger partial charge in [-0.25, -0.2) is 9.97 Å². The van der Waals surface area contributed by atoms with Crippen molar-refractivity contribution in [1.82, 2.24) is 15.0 Å². The molecule has 164 valence electrons. The minimum absolute atomic E-state index is 0.227. The predicted molar refractivity (Wildman–Crippen MR) is 135 cm³/mol. The van der Waals surface area contributed by atoms with Crippen LogP contribution in [0.4, 0.5) is 11.5 Å². The number of amides is 1. The largest absolute Gasteiger partial charge is 0.382 e. The molecule has 2 aromatic carbocycles. The van der Waals surface area contributed by atoms with Gasteiger partial charge >= 0.3 is 0 Å². The highest BCUT2D eigenvalue weighted by Gasteiger charge is 2.18. The smallest absolute Gasteiger partial charge is 0.258 e. The van der Waals surface area contributed by atoms with Crippen LogP contribution in [-0.2, 0) is 12.8 Å². The van der Waals surface area contributed by atoms with E-state index < -0.39 is 0 Å². The molecule has 5 rings (SSSR count). The van der Waals surface area contributed by atoms with E-state index in [1.165, 1.54) is 23.2 Å². The second-order valence-electron chi connectivity index (χ2n) is 7.78. The number of nitrogens with one attached hydrogen (secondary N) is 1. The molecule has 0 fully saturated rings. The van der Waals surface area contributed by atoms with Crippen LogP contribution in [0.2, 0.25) is 5.02 Å². The zero-order valence-electron chi connectivity index (χ0n) is 17.8. The molecule has 6 nitrogen and oxygen atoms in total. The van der Waals surface area contributed by atoms with Gasteiger partial charge in [-0.05, 0) is 49.1 Å². The van der Waals surface area contributed by atoms with Crippen molar-refractivity contribution >= 4 is 61.3 Å². The summed E-state index contributed by atoms with van der Waals surface area (Å²) in [6.07, 6.45) is 4.80. The molecule has 0 radical (unpaired) electrons. The average molecular weight is 474 g/mol. The van der Waals surface area contributed by atoms with E-state index in [2.05, 4.69) is 26.3 Å². The van der Waals surface area contributed by atoms with E-state index in [0.29, 0.717) is 21.6 Å². The van der Waals surface area contributed by atoms with Gasteiger partial charge in [0.25, 0.3) is 5.91 Å². The quantitative estimate of drug-likeness (QED) is 0.335. The molecule has 0 atom stereocenters. The number of nitrogen functional groups attached to an aromatic ring is 1. The topological polar surface area (TPSA) is 93.8 Å². The fourth-order valence-corrected chi connectivity index (χ4v) is 4.94. The van der Waals surface area contributed by atoms with Gasteiger partial charge < -0.3 is 11.1 Å². The number of halogens is 1. The molecule has 0 bridgehead atoms. The summed E-state index contributed by atoms with van der Waals surface area (Å²) in [6.45, 7) is 1.98. The van der Waals surface area contributed by atoms with Gasteiger partial charge in [0.2, 0.25) is 0 Å². The molecule has 0 aliphatic carbocycles. The number of anilines is 2. The first-order valence-corrected chi connectivity index (χ1v) is 11.7. The number of hydrogen-bond donors (Lipinski definition) is 2. The molecule has 8 heteroatoms. The van der Waals surface area contributed by atoms with Crippen LogP contribution in [0.1, 0.15) is 27.2 Å². The molecule has 0 aliphatic rings. The first-order valence-electron chi connectivity index (χ1n) is 10.4. The third-order valence-electron chi connectivity index (χ3n) is 5.66. The SMILES string of the molecule is Cc1ccc2c(CCc3ccc(Cl)cc3)nccc2c1NC(=O)c1csc2c(N)ncnc12. The van der Waals surface area contributed by atoms with Crippen molar-refractivity contribution < 1.29 is 4.79 Å². The number of carbonyl (C=O) groups excluding carboxylic acids is 1. The van der Waals surface area contributed by atoms with Crippen molar-refractivity contribution in [2.75, 3.05) is 11.1 Å². The number of thiophene rings is 1. The van der Waals surface area contributed by atoms with Crippen LogP contribution in [0.5, 0.6) is 0 Å². The second-order valence-corrected chi connectivity index (χ2v) is 9.09. The Labute approximate surface area is 199 Å². The van der Waals surface area contributed by atoms with Crippen LogP contribution < -0.4 is 11.1 Å². The molecule has 0 spiro atoms. The Bertz CT molecular complexity index is 1500. The fraction of sp³-hybridized carbons (Fsp3) is 0.120. The van der Waals surface area contributed by atoms with Crippen molar-refractivity contribution in [1.29, 1.82) is 0 Å². The number of nitrogens with two attached hydrogens (primary N) is 1. The summed E-state index contributed by atoms with van der Waals surface area (Å²) in [7, 11) is 0. The molecular weight excluding hydrogens is 454 g/mol. The Hall–Kier alpha value is -3.55. The minimum atomic E-state index is -0.227. The third kappa shape index (κ3) is 4.13. The molecule has 33 heavy (non-hydrogen) atoms. The number of benzene rings is 2. The van der Waals surface area contributed by atoms with Crippen LogP contribution in [-0.4, -0.2) is 20.9 Å². The molecule has 3 heterocycles. The van der Waals surface area contributed by atoms with Gasteiger partial charge in [-0.15, -0.1) is 11.3 Å². The maximum absolute atomic E-state index is 13.2. The summed E-state index contributed by atoms with van der Waals surface area (Å²) in [5.74, 6) is 0.149.